The lowest BCUT2D eigenvalue weighted by Gasteiger charge is -2.36. The Morgan fingerprint density at radius 3 is 2.13 bits per heavy atom. The molecule has 0 aliphatic carbocycles. The van der Waals surface area contributed by atoms with Crippen molar-refractivity contribution < 1.29 is 23.9 Å². The topological polar surface area (TPSA) is 83.9 Å². The number of carboxylic acid groups (broad SMARTS) is 1. The van der Waals surface area contributed by atoms with Crippen LogP contribution in [0.4, 0.5) is 0 Å². The molecule has 2 unspecified atom stereocenters. The van der Waals surface area contributed by atoms with Crippen LogP contribution in [0.25, 0.3) is 0 Å². The number of benzene rings is 1. The summed E-state index contributed by atoms with van der Waals surface area (Å²) >= 11 is 1.36. The number of carbonyl (C=O) groups excluding carboxylic acids is 2. The summed E-state index contributed by atoms with van der Waals surface area (Å²) in [7, 11) is -1.93. The van der Waals surface area contributed by atoms with Crippen molar-refractivity contribution in [2.24, 2.45) is 0 Å². The van der Waals surface area contributed by atoms with E-state index in [1.54, 1.807) is 37.3 Å². The van der Waals surface area contributed by atoms with Crippen molar-refractivity contribution in [2.45, 2.75) is 64.4 Å². The predicted octanol–water partition coefficient (Wildman–Crippen LogP) is 5.12. The van der Waals surface area contributed by atoms with Gasteiger partial charge in [-0.1, -0.05) is 32.9 Å². The molecule has 0 spiro atoms. The zero-order valence-electron chi connectivity index (χ0n) is 18.8. The van der Waals surface area contributed by atoms with Crippen LogP contribution in [-0.2, 0) is 15.8 Å². The molecule has 31 heavy (non-hydrogen) atoms. The maximum atomic E-state index is 12.8. The van der Waals surface area contributed by atoms with Gasteiger partial charge in [0.05, 0.1) is 23.8 Å². The predicted molar refractivity (Wildman–Crippen MR) is 123 cm³/mol. The number of nitrogens with zero attached hydrogens (tertiary/aromatic N) is 1. The normalized spacial score (nSPS) is 16.4. The fraction of sp³-hybridized carbons (Fsp3) is 0.435. The lowest BCUT2D eigenvalue weighted by atomic mass is 9.98. The molecule has 0 saturated heterocycles. The van der Waals surface area contributed by atoms with E-state index in [0.717, 1.165) is 9.78 Å². The Morgan fingerprint density at radius 1 is 1.10 bits per heavy atom. The smallest absolute Gasteiger partial charge is 0.313 e. The van der Waals surface area contributed by atoms with Gasteiger partial charge in [0.1, 0.15) is 5.92 Å². The molecule has 8 heteroatoms. The zero-order valence-corrected chi connectivity index (χ0v) is 20.6. The maximum Gasteiger partial charge on any atom is 0.313 e. The van der Waals surface area contributed by atoms with E-state index in [1.165, 1.54) is 11.3 Å². The van der Waals surface area contributed by atoms with Crippen LogP contribution >= 0.6 is 11.3 Å². The van der Waals surface area contributed by atoms with E-state index in [4.69, 9.17) is 4.43 Å². The molecule has 1 aromatic carbocycles. The summed E-state index contributed by atoms with van der Waals surface area (Å²) in [4.78, 5) is 40.4. The van der Waals surface area contributed by atoms with Crippen molar-refractivity contribution in [3.8, 4) is 0 Å². The van der Waals surface area contributed by atoms with Gasteiger partial charge in [-0.2, -0.15) is 0 Å². The highest BCUT2D eigenvalue weighted by molar-refractivity contribution is 7.12. The highest BCUT2D eigenvalue weighted by atomic mass is 32.1. The summed E-state index contributed by atoms with van der Waals surface area (Å²) < 4.78 is 6.25. The summed E-state index contributed by atoms with van der Waals surface area (Å²) in [6, 6.07) is 9.40. The van der Waals surface area contributed by atoms with Crippen LogP contribution in [0.3, 0.4) is 0 Å². The number of amides is 2. The van der Waals surface area contributed by atoms with Gasteiger partial charge in [0, 0.05) is 9.75 Å². The Kier molecular flexibility index (Phi) is 6.28. The number of imide groups is 1. The van der Waals surface area contributed by atoms with Crippen molar-refractivity contribution in [3.63, 3.8) is 0 Å². The zero-order chi connectivity index (χ0) is 23.1. The van der Waals surface area contributed by atoms with Crippen LogP contribution in [-0.4, -0.2) is 42.1 Å². The van der Waals surface area contributed by atoms with E-state index in [9.17, 15) is 19.5 Å². The van der Waals surface area contributed by atoms with Gasteiger partial charge in [-0.05, 0) is 49.3 Å². The van der Waals surface area contributed by atoms with Crippen LogP contribution < -0.4 is 0 Å². The summed E-state index contributed by atoms with van der Waals surface area (Å²) in [5.74, 6) is -2.97. The third kappa shape index (κ3) is 4.37. The maximum absolute atomic E-state index is 12.8. The van der Waals surface area contributed by atoms with E-state index in [1.807, 2.05) is 6.07 Å². The Bertz CT molecular complexity index is 988. The van der Waals surface area contributed by atoms with E-state index >= 15 is 0 Å². The fourth-order valence-electron chi connectivity index (χ4n) is 3.40. The molecule has 0 bridgehead atoms. The summed E-state index contributed by atoms with van der Waals surface area (Å²) in [5.41, 5.74) is 0.635. The average Bonchev–Trinajstić information content (AvgIpc) is 3.23. The minimum absolute atomic E-state index is 0.0800. The third-order valence-electron chi connectivity index (χ3n) is 6.35. The molecule has 1 aliphatic heterocycles. The Morgan fingerprint density at radius 2 is 1.65 bits per heavy atom. The third-order valence-corrected chi connectivity index (χ3v) is 12.0. The second kappa shape index (κ2) is 8.33. The Labute approximate surface area is 188 Å². The van der Waals surface area contributed by atoms with Crippen LogP contribution in [0.1, 0.15) is 64.1 Å². The fourth-order valence-corrected chi connectivity index (χ4v) is 5.57. The van der Waals surface area contributed by atoms with Crippen LogP contribution in [0.15, 0.2) is 36.4 Å². The molecule has 166 valence electrons. The molecular formula is C23H29NO5SSi. The van der Waals surface area contributed by atoms with Gasteiger partial charge < -0.3 is 9.53 Å². The number of fused-ring (bicyclic) bond motifs is 1. The van der Waals surface area contributed by atoms with Gasteiger partial charge in [-0.3, -0.25) is 19.3 Å². The lowest BCUT2D eigenvalue weighted by Crippen LogP contribution is -2.43. The van der Waals surface area contributed by atoms with Crippen molar-refractivity contribution >= 4 is 37.4 Å². The molecule has 3 rings (SSSR count). The van der Waals surface area contributed by atoms with E-state index < -0.39 is 38.1 Å². The minimum atomic E-state index is -1.93. The van der Waals surface area contributed by atoms with Gasteiger partial charge in [0.15, 0.2) is 8.32 Å². The summed E-state index contributed by atoms with van der Waals surface area (Å²) in [6.07, 6.45) is 0. The highest BCUT2D eigenvalue weighted by Gasteiger charge is 2.43. The first-order chi connectivity index (χ1) is 14.3. The van der Waals surface area contributed by atoms with Crippen molar-refractivity contribution in [2.75, 3.05) is 0 Å². The molecule has 1 aromatic heterocycles. The van der Waals surface area contributed by atoms with Gasteiger partial charge in [0.25, 0.3) is 11.8 Å². The molecule has 2 amide bonds. The molecule has 2 heterocycles. The highest BCUT2D eigenvalue weighted by Crippen LogP contribution is 2.38. The number of thiophene rings is 1. The van der Waals surface area contributed by atoms with Gasteiger partial charge >= 0.3 is 5.97 Å². The number of hydrogen-bond acceptors (Lipinski definition) is 5. The molecule has 2 atom stereocenters. The summed E-state index contributed by atoms with van der Waals surface area (Å²) in [5, 5.41) is 10.0. The number of carboxylic acids is 1. The second-order valence-corrected chi connectivity index (χ2v) is 15.4. The molecule has 0 fully saturated rings. The van der Waals surface area contributed by atoms with Crippen molar-refractivity contribution in [1.29, 1.82) is 0 Å². The molecule has 1 N–H and O–H groups in total. The first kappa shape index (κ1) is 23.4. The largest absolute Gasteiger partial charge is 0.481 e. The molecule has 2 aromatic rings. The summed E-state index contributed by atoms with van der Waals surface area (Å²) in [6.45, 7) is 12.9. The van der Waals surface area contributed by atoms with E-state index in [-0.39, 0.29) is 5.04 Å². The lowest BCUT2D eigenvalue weighted by molar-refractivity contribution is -0.139. The molecule has 0 radical (unpaired) electrons. The molecule has 1 aliphatic rings. The number of aliphatic carboxylic acids is 1. The first-order valence-corrected chi connectivity index (χ1v) is 14.0. The van der Waals surface area contributed by atoms with Crippen molar-refractivity contribution in [3.05, 3.63) is 57.3 Å². The number of hydrogen-bond donors (Lipinski definition) is 1. The van der Waals surface area contributed by atoms with Gasteiger partial charge in [-0.15, -0.1) is 11.3 Å². The van der Waals surface area contributed by atoms with E-state index in [0.29, 0.717) is 22.6 Å². The second-order valence-electron chi connectivity index (χ2n) is 9.44. The van der Waals surface area contributed by atoms with Gasteiger partial charge in [-0.25, -0.2) is 0 Å². The van der Waals surface area contributed by atoms with Crippen LogP contribution in [0.5, 0.6) is 0 Å². The Balaban J connectivity index is 1.82. The minimum Gasteiger partial charge on any atom is -0.481 e. The molecule has 6 nitrogen and oxygen atoms in total. The SMILES string of the molecule is CC(C(C(=O)O)c1ccc(CO[Si](C)(C)C(C)(C)C)s1)N1C(=O)c2ccccc2C1=O. The standard InChI is InChI=1S/C23H29NO5SSi/c1-14(24-20(25)16-9-7-8-10-17(16)21(24)26)19(22(27)28)18-12-11-15(30-18)13-29-31(5,6)23(2,3)4/h7-12,14,19H,13H2,1-6H3,(H,27,28). The van der Waals surface area contributed by atoms with Crippen molar-refractivity contribution in [1.82, 2.24) is 4.90 Å². The monoisotopic (exact) mass is 459 g/mol. The number of rotatable bonds is 7. The van der Waals surface area contributed by atoms with E-state index in [2.05, 4.69) is 33.9 Å². The first-order valence-electron chi connectivity index (χ1n) is 10.3. The average molecular weight is 460 g/mol. The van der Waals surface area contributed by atoms with Gasteiger partial charge in [0.2, 0.25) is 0 Å². The quantitative estimate of drug-likeness (QED) is 0.459. The van der Waals surface area contributed by atoms with Crippen LogP contribution in [0, 0.1) is 0 Å². The molecule has 0 saturated carbocycles. The van der Waals surface area contributed by atoms with Crippen LogP contribution in [0.2, 0.25) is 18.1 Å². The number of carbonyl (C=O) groups is 3. The molecular weight excluding hydrogens is 430 g/mol. The Hall–Kier alpha value is -2.29.